The molecular weight excluding hydrogens is 536 g/mol. The second-order valence-corrected chi connectivity index (χ2v) is 8.48. The van der Waals surface area contributed by atoms with Crippen molar-refractivity contribution in [3.8, 4) is 0 Å². The minimum absolute atomic E-state index is 0.0527. The maximum absolute atomic E-state index is 13.3. The van der Waals surface area contributed by atoms with Gasteiger partial charge in [0, 0.05) is 35.0 Å². The molecule has 3 aromatic carbocycles. The molecule has 1 N–H and O–H groups in total. The molecule has 0 aliphatic rings. The molecule has 2 amide bonds. The zero-order chi connectivity index (χ0) is 28.9. The number of rotatable bonds is 7. The third-order valence-electron chi connectivity index (χ3n) is 5.66. The van der Waals surface area contributed by atoms with E-state index in [0.29, 0.717) is 12.0 Å². The van der Waals surface area contributed by atoms with Crippen molar-refractivity contribution in [1.29, 1.82) is 0 Å². The van der Waals surface area contributed by atoms with Crippen LogP contribution in [-0.4, -0.2) is 17.3 Å². The van der Waals surface area contributed by atoms with E-state index in [4.69, 9.17) is 0 Å². The summed E-state index contributed by atoms with van der Waals surface area (Å²) in [6, 6.07) is 15.7. The Labute approximate surface area is 224 Å². The molecule has 1 heterocycles. The van der Waals surface area contributed by atoms with Crippen molar-refractivity contribution in [3.05, 3.63) is 119 Å². The first-order valence-electron chi connectivity index (χ1n) is 11.6. The Balaban J connectivity index is 1.75. The van der Waals surface area contributed by atoms with E-state index in [2.05, 4.69) is 10.3 Å². The highest BCUT2D eigenvalue weighted by atomic mass is 19.4. The summed E-state index contributed by atoms with van der Waals surface area (Å²) in [6.07, 6.45) is -2.57. The van der Waals surface area contributed by atoms with Crippen molar-refractivity contribution < 1.29 is 35.9 Å². The van der Waals surface area contributed by atoms with Crippen molar-refractivity contribution in [1.82, 2.24) is 4.98 Å². The first-order chi connectivity index (χ1) is 18.9. The second kappa shape index (κ2) is 11.4. The van der Waals surface area contributed by atoms with Gasteiger partial charge in [-0.1, -0.05) is 24.3 Å². The quantitative estimate of drug-likeness (QED) is 0.187. The molecule has 0 radical (unpaired) electrons. The number of hydrogen-bond acceptors (Lipinski definition) is 3. The number of anilines is 3. The molecule has 4 aromatic rings. The van der Waals surface area contributed by atoms with Crippen LogP contribution in [0.1, 0.15) is 32.6 Å². The second-order valence-electron chi connectivity index (χ2n) is 8.48. The monoisotopic (exact) mass is 555 g/mol. The average molecular weight is 555 g/mol. The third-order valence-corrected chi connectivity index (χ3v) is 5.66. The Morgan fingerprint density at radius 2 is 1.35 bits per heavy atom. The molecule has 0 saturated heterocycles. The van der Waals surface area contributed by atoms with Gasteiger partial charge in [-0.2, -0.15) is 26.3 Å². The molecule has 0 saturated carbocycles. The molecule has 0 bridgehead atoms. The number of alkyl halides is 6. The van der Waals surface area contributed by atoms with Gasteiger partial charge < -0.3 is 5.32 Å². The van der Waals surface area contributed by atoms with Crippen molar-refractivity contribution in [2.45, 2.75) is 12.4 Å². The number of pyridine rings is 1. The smallest absolute Gasteiger partial charge is 0.322 e. The zero-order valence-electron chi connectivity index (χ0n) is 20.4. The molecule has 4 rings (SSSR count). The number of aromatic nitrogens is 1. The van der Waals surface area contributed by atoms with Crippen LogP contribution in [0.3, 0.4) is 0 Å². The molecule has 5 nitrogen and oxygen atoms in total. The van der Waals surface area contributed by atoms with Crippen molar-refractivity contribution >= 4 is 41.5 Å². The van der Waals surface area contributed by atoms with Gasteiger partial charge >= 0.3 is 12.4 Å². The maximum atomic E-state index is 13.3. The van der Waals surface area contributed by atoms with E-state index < -0.39 is 29.4 Å². The number of nitrogens with zero attached hydrogens (tertiary/aromatic N) is 2. The van der Waals surface area contributed by atoms with Gasteiger partial charge in [0.1, 0.15) is 0 Å². The highest BCUT2D eigenvalue weighted by molar-refractivity contribution is 6.06. The van der Waals surface area contributed by atoms with Gasteiger partial charge in [-0.25, -0.2) is 0 Å². The minimum atomic E-state index is -4.66. The highest BCUT2D eigenvalue weighted by Crippen LogP contribution is 2.34. The van der Waals surface area contributed by atoms with E-state index in [0.717, 1.165) is 46.9 Å². The van der Waals surface area contributed by atoms with Crippen LogP contribution in [0.4, 0.5) is 43.4 Å². The van der Waals surface area contributed by atoms with E-state index in [1.165, 1.54) is 30.3 Å². The summed E-state index contributed by atoms with van der Waals surface area (Å²) in [5.41, 5.74) is -1.02. The van der Waals surface area contributed by atoms with E-state index in [-0.39, 0.29) is 22.6 Å². The first kappa shape index (κ1) is 28.1. The van der Waals surface area contributed by atoms with Crippen LogP contribution in [0, 0.1) is 0 Å². The third kappa shape index (κ3) is 6.93. The molecule has 0 spiro atoms. The number of carbonyl (C=O) groups is 2. The minimum Gasteiger partial charge on any atom is -0.322 e. The SMILES string of the molecule is O=CN(c1cc(/C=C/c2ccncc2)cc(C(=O)Nc2cccc(C(F)(F)F)c2)c1)c1cccc(C(F)(F)F)c1. The van der Waals surface area contributed by atoms with Crippen LogP contribution < -0.4 is 10.2 Å². The van der Waals surface area contributed by atoms with Crippen LogP contribution in [0.5, 0.6) is 0 Å². The summed E-state index contributed by atoms with van der Waals surface area (Å²) >= 11 is 0. The number of carbonyl (C=O) groups excluding carboxylic acids is 2. The standard InChI is InChI=1S/C29H19F6N3O2/c30-28(31,32)22-3-1-5-24(16-22)37-27(40)21-13-20(8-7-19-9-11-36-12-10-19)14-26(15-21)38(18-39)25-6-2-4-23(17-25)29(33,34)35/h1-18H,(H,37,40)/b8-7+. The predicted octanol–water partition coefficient (Wildman–Crippen LogP) is 7.84. The Hall–Kier alpha value is -4.93. The number of amides is 2. The van der Waals surface area contributed by atoms with Crippen molar-refractivity contribution in [3.63, 3.8) is 0 Å². The van der Waals surface area contributed by atoms with Crippen LogP contribution in [-0.2, 0) is 17.1 Å². The van der Waals surface area contributed by atoms with E-state index in [1.54, 1.807) is 36.7 Å². The lowest BCUT2D eigenvalue weighted by molar-refractivity contribution is -0.138. The topological polar surface area (TPSA) is 62.3 Å². The number of benzene rings is 3. The van der Waals surface area contributed by atoms with Gasteiger partial charge in [-0.05, 0) is 77.9 Å². The van der Waals surface area contributed by atoms with Crippen LogP contribution in [0.15, 0.2) is 91.3 Å². The Morgan fingerprint density at radius 3 is 2.00 bits per heavy atom. The van der Waals surface area contributed by atoms with Crippen molar-refractivity contribution in [2.75, 3.05) is 10.2 Å². The summed E-state index contributed by atoms with van der Waals surface area (Å²) in [7, 11) is 0. The average Bonchev–Trinajstić information content (AvgIpc) is 2.92. The van der Waals surface area contributed by atoms with Gasteiger partial charge in [-0.15, -0.1) is 0 Å². The van der Waals surface area contributed by atoms with E-state index in [9.17, 15) is 35.9 Å². The van der Waals surface area contributed by atoms with E-state index in [1.807, 2.05) is 0 Å². The zero-order valence-corrected chi connectivity index (χ0v) is 20.4. The molecule has 0 aliphatic carbocycles. The van der Waals surface area contributed by atoms with Crippen LogP contribution in [0.2, 0.25) is 0 Å². The maximum Gasteiger partial charge on any atom is 0.416 e. The summed E-state index contributed by atoms with van der Waals surface area (Å²) in [5.74, 6) is -0.797. The van der Waals surface area contributed by atoms with Crippen LogP contribution in [0.25, 0.3) is 12.2 Å². The molecule has 0 aliphatic heterocycles. The van der Waals surface area contributed by atoms with Gasteiger partial charge in [-0.3, -0.25) is 19.5 Å². The van der Waals surface area contributed by atoms with Crippen molar-refractivity contribution in [2.24, 2.45) is 0 Å². The van der Waals surface area contributed by atoms with Crippen LogP contribution >= 0.6 is 0 Å². The normalized spacial score (nSPS) is 11.8. The Morgan fingerprint density at radius 1 is 0.725 bits per heavy atom. The first-order valence-corrected chi connectivity index (χ1v) is 11.6. The Bertz CT molecular complexity index is 1550. The molecule has 40 heavy (non-hydrogen) atoms. The van der Waals surface area contributed by atoms with Gasteiger partial charge in [0.25, 0.3) is 5.91 Å². The lowest BCUT2D eigenvalue weighted by Crippen LogP contribution is -2.18. The lowest BCUT2D eigenvalue weighted by Gasteiger charge is -2.20. The van der Waals surface area contributed by atoms with Gasteiger partial charge in [0.05, 0.1) is 11.1 Å². The summed E-state index contributed by atoms with van der Waals surface area (Å²) < 4.78 is 79.2. The predicted molar refractivity (Wildman–Crippen MR) is 139 cm³/mol. The fourth-order valence-corrected chi connectivity index (χ4v) is 3.75. The van der Waals surface area contributed by atoms with Gasteiger partial charge in [0.15, 0.2) is 0 Å². The van der Waals surface area contributed by atoms with E-state index >= 15 is 0 Å². The molecule has 204 valence electrons. The number of nitrogens with one attached hydrogen (secondary N) is 1. The Kier molecular flexibility index (Phi) is 8.03. The lowest BCUT2D eigenvalue weighted by atomic mass is 10.1. The highest BCUT2D eigenvalue weighted by Gasteiger charge is 2.31. The van der Waals surface area contributed by atoms with Gasteiger partial charge in [0.2, 0.25) is 6.41 Å². The number of hydrogen-bond donors (Lipinski definition) is 1. The molecule has 0 atom stereocenters. The fraction of sp³-hybridized carbons (Fsp3) is 0.0690. The summed E-state index contributed by atoms with van der Waals surface area (Å²) in [5, 5.41) is 2.40. The molecule has 11 heteroatoms. The summed E-state index contributed by atoms with van der Waals surface area (Å²) in [6.45, 7) is 0. The molecule has 1 aromatic heterocycles. The molecular formula is C29H19F6N3O2. The summed E-state index contributed by atoms with van der Waals surface area (Å²) in [4.78, 5) is 30.0. The molecule has 0 fully saturated rings. The fourth-order valence-electron chi connectivity index (χ4n) is 3.75. The number of halogens is 6. The molecule has 0 unspecified atom stereocenters. The largest absolute Gasteiger partial charge is 0.416 e.